The van der Waals surface area contributed by atoms with Crippen LogP contribution >= 0.6 is 0 Å². The van der Waals surface area contributed by atoms with Crippen LogP contribution in [-0.2, 0) is 16.6 Å². The van der Waals surface area contributed by atoms with Crippen LogP contribution in [0.5, 0.6) is 0 Å². The van der Waals surface area contributed by atoms with Crippen LogP contribution in [0.3, 0.4) is 0 Å². The number of nitrogens with zero attached hydrogens (tertiary/aromatic N) is 3. The SMILES string of the molecule is Cn1cnc2ccc(NC(=O)CC3NC(=O)N(c4ccccc4)C3=O)cc21. The van der Waals surface area contributed by atoms with E-state index >= 15 is 0 Å². The highest BCUT2D eigenvalue weighted by molar-refractivity contribution is 6.22. The summed E-state index contributed by atoms with van der Waals surface area (Å²) in [4.78, 5) is 42.3. The van der Waals surface area contributed by atoms with Crippen molar-refractivity contribution in [2.75, 3.05) is 10.2 Å². The molecule has 8 heteroatoms. The fourth-order valence-corrected chi connectivity index (χ4v) is 3.09. The summed E-state index contributed by atoms with van der Waals surface area (Å²) in [6, 6.07) is 12.6. The quantitative estimate of drug-likeness (QED) is 0.693. The minimum Gasteiger partial charge on any atom is -0.334 e. The molecule has 2 heterocycles. The number of imidazole rings is 1. The number of imide groups is 1. The van der Waals surface area contributed by atoms with Crippen LogP contribution in [-0.4, -0.2) is 33.4 Å². The molecule has 1 fully saturated rings. The van der Waals surface area contributed by atoms with Crippen LogP contribution in [0.2, 0.25) is 0 Å². The first-order chi connectivity index (χ1) is 13.0. The molecule has 1 atom stereocenters. The standard InChI is InChI=1S/C19H17N5O3/c1-23-11-20-14-8-7-12(9-16(14)23)21-17(25)10-15-18(26)24(19(27)22-15)13-5-3-2-4-6-13/h2-9,11,15H,10H2,1H3,(H,21,25)(H,22,27). The summed E-state index contributed by atoms with van der Waals surface area (Å²) in [7, 11) is 1.87. The number of aromatic nitrogens is 2. The van der Waals surface area contributed by atoms with Gasteiger partial charge in [0.05, 0.1) is 29.5 Å². The molecule has 0 bridgehead atoms. The number of hydrogen-bond donors (Lipinski definition) is 2. The van der Waals surface area contributed by atoms with Crippen LogP contribution in [0.4, 0.5) is 16.2 Å². The van der Waals surface area contributed by atoms with Crippen LogP contribution < -0.4 is 15.5 Å². The van der Waals surface area contributed by atoms with Gasteiger partial charge in [-0.05, 0) is 30.3 Å². The third-order valence-corrected chi connectivity index (χ3v) is 4.43. The van der Waals surface area contributed by atoms with E-state index in [0.29, 0.717) is 11.4 Å². The maximum atomic E-state index is 12.5. The fourth-order valence-electron chi connectivity index (χ4n) is 3.09. The predicted molar refractivity (Wildman–Crippen MR) is 100 cm³/mol. The summed E-state index contributed by atoms with van der Waals surface area (Å²) in [5, 5.41) is 5.33. The van der Waals surface area contributed by atoms with Crippen molar-refractivity contribution in [1.29, 1.82) is 0 Å². The van der Waals surface area contributed by atoms with Crippen molar-refractivity contribution < 1.29 is 14.4 Å². The lowest BCUT2D eigenvalue weighted by atomic mass is 10.2. The van der Waals surface area contributed by atoms with E-state index in [1.54, 1.807) is 42.7 Å². The third kappa shape index (κ3) is 3.12. The highest BCUT2D eigenvalue weighted by atomic mass is 16.2. The molecule has 8 nitrogen and oxygen atoms in total. The van der Waals surface area contributed by atoms with Gasteiger partial charge < -0.3 is 15.2 Å². The Morgan fingerprint density at radius 3 is 2.74 bits per heavy atom. The minimum absolute atomic E-state index is 0.142. The second kappa shape index (κ2) is 6.56. The monoisotopic (exact) mass is 363 g/mol. The Balaban J connectivity index is 1.45. The van der Waals surface area contributed by atoms with Gasteiger partial charge in [-0.1, -0.05) is 18.2 Å². The van der Waals surface area contributed by atoms with Crippen LogP contribution in [0.25, 0.3) is 11.0 Å². The number of carbonyl (C=O) groups excluding carboxylic acids is 3. The van der Waals surface area contributed by atoms with E-state index in [2.05, 4.69) is 15.6 Å². The number of fused-ring (bicyclic) bond motifs is 1. The van der Waals surface area contributed by atoms with Gasteiger partial charge in [0.2, 0.25) is 5.91 Å². The molecule has 0 aliphatic carbocycles. The molecular formula is C19H17N5O3. The lowest BCUT2D eigenvalue weighted by molar-refractivity contribution is -0.122. The van der Waals surface area contributed by atoms with Gasteiger partial charge in [-0.2, -0.15) is 0 Å². The first-order valence-corrected chi connectivity index (χ1v) is 8.43. The second-order valence-electron chi connectivity index (χ2n) is 6.32. The van der Waals surface area contributed by atoms with E-state index in [1.807, 2.05) is 23.7 Å². The van der Waals surface area contributed by atoms with E-state index in [0.717, 1.165) is 15.9 Å². The average Bonchev–Trinajstić information content (AvgIpc) is 3.15. The molecule has 1 aliphatic heterocycles. The summed E-state index contributed by atoms with van der Waals surface area (Å²) in [5.74, 6) is -0.798. The van der Waals surface area contributed by atoms with Gasteiger partial charge in [0, 0.05) is 12.7 Å². The molecule has 1 saturated heterocycles. The summed E-state index contributed by atoms with van der Waals surface area (Å²) < 4.78 is 1.85. The lowest BCUT2D eigenvalue weighted by Crippen LogP contribution is -2.34. The molecule has 1 aromatic heterocycles. The van der Waals surface area contributed by atoms with Gasteiger partial charge in [0.15, 0.2) is 0 Å². The van der Waals surface area contributed by atoms with Crippen molar-refractivity contribution in [1.82, 2.24) is 14.9 Å². The zero-order valence-electron chi connectivity index (χ0n) is 14.5. The van der Waals surface area contributed by atoms with Crippen LogP contribution in [0, 0.1) is 0 Å². The molecule has 2 N–H and O–H groups in total. The molecule has 27 heavy (non-hydrogen) atoms. The summed E-state index contributed by atoms with van der Waals surface area (Å²) in [6.45, 7) is 0. The number of nitrogens with one attached hydrogen (secondary N) is 2. The smallest absolute Gasteiger partial charge is 0.329 e. The van der Waals surface area contributed by atoms with Gasteiger partial charge in [0.1, 0.15) is 6.04 Å². The molecule has 4 amide bonds. The van der Waals surface area contributed by atoms with Gasteiger partial charge in [-0.25, -0.2) is 14.7 Å². The number of aryl methyl sites for hydroxylation is 1. The largest absolute Gasteiger partial charge is 0.334 e. The first kappa shape index (κ1) is 16.8. The molecule has 2 aromatic carbocycles. The Hall–Kier alpha value is -3.68. The van der Waals surface area contributed by atoms with Crippen molar-refractivity contribution in [2.45, 2.75) is 12.5 Å². The summed E-state index contributed by atoms with van der Waals surface area (Å²) in [6.07, 6.45) is 1.55. The van der Waals surface area contributed by atoms with Crippen molar-refractivity contribution in [3.05, 3.63) is 54.9 Å². The first-order valence-electron chi connectivity index (χ1n) is 8.43. The maximum absolute atomic E-state index is 12.5. The summed E-state index contributed by atoms with van der Waals surface area (Å²) >= 11 is 0. The molecular weight excluding hydrogens is 346 g/mol. The Kier molecular flexibility index (Phi) is 4.08. The Labute approximate surface area is 154 Å². The average molecular weight is 363 g/mol. The number of hydrogen-bond acceptors (Lipinski definition) is 4. The predicted octanol–water partition coefficient (Wildman–Crippen LogP) is 2.03. The van der Waals surface area contributed by atoms with Gasteiger partial charge in [-0.15, -0.1) is 0 Å². The number of anilines is 2. The minimum atomic E-state index is -0.891. The number of amides is 4. The van der Waals surface area contributed by atoms with E-state index in [9.17, 15) is 14.4 Å². The molecule has 0 radical (unpaired) electrons. The molecule has 1 aliphatic rings. The number of benzene rings is 2. The normalized spacial score (nSPS) is 16.6. The van der Waals surface area contributed by atoms with Gasteiger partial charge in [-0.3, -0.25) is 9.59 Å². The molecule has 4 rings (SSSR count). The van der Waals surface area contributed by atoms with Crippen LogP contribution in [0.15, 0.2) is 54.9 Å². The highest BCUT2D eigenvalue weighted by Gasteiger charge is 2.39. The Morgan fingerprint density at radius 2 is 1.96 bits per heavy atom. The number of urea groups is 1. The van der Waals surface area contributed by atoms with E-state index in [-0.39, 0.29) is 12.3 Å². The zero-order chi connectivity index (χ0) is 19.0. The van der Waals surface area contributed by atoms with Gasteiger partial charge >= 0.3 is 6.03 Å². The molecule has 0 spiro atoms. The fraction of sp³-hybridized carbons (Fsp3) is 0.158. The zero-order valence-corrected chi connectivity index (χ0v) is 14.5. The third-order valence-electron chi connectivity index (χ3n) is 4.43. The molecule has 0 saturated carbocycles. The van der Waals surface area contributed by atoms with Crippen molar-refractivity contribution >= 4 is 40.3 Å². The van der Waals surface area contributed by atoms with Gasteiger partial charge in [0.25, 0.3) is 5.91 Å². The van der Waals surface area contributed by atoms with Crippen molar-refractivity contribution in [3.63, 3.8) is 0 Å². The van der Waals surface area contributed by atoms with Crippen molar-refractivity contribution in [3.8, 4) is 0 Å². The topological polar surface area (TPSA) is 96.3 Å². The Morgan fingerprint density at radius 1 is 1.19 bits per heavy atom. The number of para-hydroxylation sites is 1. The van der Waals surface area contributed by atoms with E-state index in [1.165, 1.54) is 0 Å². The molecule has 3 aromatic rings. The second-order valence-corrected chi connectivity index (χ2v) is 6.32. The summed E-state index contributed by atoms with van der Waals surface area (Å²) in [5.41, 5.74) is 2.79. The number of carbonyl (C=O) groups is 3. The molecule has 1 unspecified atom stereocenters. The Bertz CT molecular complexity index is 1040. The molecule has 136 valence electrons. The van der Waals surface area contributed by atoms with E-state index < -0.39 is 18.0 Å². The highest BCUT2D eigenvalue weighted by Crippen LogP contribution is 2.21. The number of rotatable bonds is 4. The van der Waals surface area contributed by atoms with Crippen molar-refractivity contribution in [2.24, 2.45) is 7.05 Å². The van der Waals surface area contributed by atoms with E-state index in [4.69, 9.17) is 0 Å². The lowest BCUT2D eigenvalue weighted by Gasteiger charge is -2.12. The maximum Gasteiger partial charge on any atom is 0.329 e. The van der Waals surface area contributed by atoms with Crippen LogP contribution in [0.1, 0.15) is 6.42 Å².